The van der Waals surface area contributed by atoms with E-state index in [1.807, 2.05) is 37.1 Å². The van der Waals surface area contributed by atoms with Crippen molar-refractivity contribution in [1.82, 2.24) is 29.8 Å². The van der Waals surface area contributed by atoms with Crippen molar-refractivity contribution in [3.05, 3.63) is 48.2 Å². The summed E-state index contributed by atoms with van der Waals surface area (Å²) in [6, 6.07) is 6.50. The fraction of sp³-hybridized carbons (Fsp3) is 0.450. The predicted octanol–water partition coefficient (Wildman–Crippen LogP) is 1.71. The lowest BCUT2D eigenvalue weighted by Crippen LogP contribution is -2.51. The van der Waals surface area contributed by atoms with Crippen molar-refractivity contribution in [3.8, 4) is 0 Å². The Morgan fingerprint density at radius 3 is 2.96 bits per heavy atom. The number of nitrogens with one attached hydrogen (secondary N) is 2. The van der Waals surface area contributed by atoms with Crippen LogP contribution in [0.5, 0.6) is 0 Å². The van der Waals surface area contributed by atoms with Gasteiger partial charge in [0.15, 0.2) is 5.96 Å². The lowest BCUT2D eigenvalue weighted by Gasteiger charge is -2.34. The SMILES string of the molecule is CN=C(NCc1cn2c(C)cccc2n1)NC1CCCN(c2cnn(C)c2)C1. The van der Waals surface area contributed by atoms with Crippen molar-refractivity contribution in [3.63, 3.8) is 0 Å². The van der Waals surface area contributed by atoms with Gasteiger partial charge in [-0.25, -0.2) is 4.98 Å². The molecule has 0 amide bonds. The fourth-order valence-electron chi connectivity index (χ4n) is 3.75. The zero-order valence-corrected chi connectivity index (χ0v) is 16.8. The normalized spacial score (nSPS) is 17.9. The number of hydrogen-bond acceptors (Lipinski definition) is 4. The van der Waals surface area contributed by atoms with E-state index in [0.29, 0.717) is 12.6 Å². The van der Waals surface area contributed by atoms with Crippen LogP contribution in [0, 0.1) is 6.92 Å². The Balaban J connectivity index is 1.35. The molecule has 1 fully saturated rings. The van der Waals surface area contributed by atoms with Gasteiger partial charge < -0.3 is 19.9 Å². The van der Waals surface area contributed by atoms with E-state index in [0.717, 1.165) is 43.2 Å². The molecule has 4 heterocycles. The number of anilines is 1. The van der Waals surface area contributed by atoms with E-state index >= 15 is 0 Å². The molecule has 0 bridgehead atoms. The number of nitrogens with zero attached hydrogens (tertiary/aromatic N) is 6. The number of rotatable bonds is 4. The van der Waals surface area contributed by atoms with Crippen molar-refractivity contribution in [2.75, 3.05) is 25.0 Å². The highest BCUT2D eigenvalue weighted by Gasteiger charge is 2.21. The Hall–Kier alpha value is -3.03. The molecule has 3 aromatic rings. The summed E-state index contributed by atoms with van der Waals surface area (Å²) < 4.78 is 3.96. The predicted molar refractivity (Wildman–Crippen MR) is 112 cm³/mol. The second kappa shape index (κ2) is 7.92. The molecule has 28 heavy (non-hydrogen) atoms. The zero-order chi connectivity index (χ0) is 19.5. The van der Waals surface area contributed by atoms with Crippen molar-refractivity contribution in [2.45, 2.75) is 32.4 Å². The minimum atomic E-state index is 0.350. The van der Waals surface area contributed by atoms with Gasteiger partial charge in [0.1, 0.15) is 5.65 Å². The summed E-state index contributed by atoms with van der Waals surface area (Å²) in [7, 11) is 3.76. The van der Waals surface area contributed by atoms with E-state index in [-0.39, 0.29) is 0 Å². The molecule has 0 saturated carbocycles. The van der Waals surface area contributed by atoms with Crippen LogP contribution >= 0.6 is 0 Å². The van der Waals surface area contributed by atoms with Gasteiger partial charge in [0.05, 0.1) is 24.1 Å². The standard InChI is InChI=1S/C20H28N8/c1-15-6-4-8-19-24-17(13-28(15)19)10-22-20(21-2)25-16-7-5-9-27(12-16)18-11-23-26(3)14-18/h4,6,8,11,13-14,16H,5,7,9-10,12H2,1-3H3,(H2,21,22,25). The number of imidazole rings is 1. The topological polar surface area (TPSA) is 74.8 Å². The summed E-state index contributed by atoms with van der Waals surface area (Å²) in [4.78, 5) is 11.5. The molecule has 0 aromatic carbocycles. The highest BCUT2D eigenvalue weighted by atomic mass is 15.3. The van der Waals surface area contributed by atoms with Gasteiger partial charge in [-0.2, -0.15) is 5.10 Å². The largest absolute Gasteiger partial charge is 0.367 e. The van der Waals surface area contributed by atoms with Gasteiger partial charge in [0.2, 0.25) is 0 Å². The zero-order valence-electron chi connectivity index (χ0n) is 16.8. The highest BCUT2D eigenvalue weighted by molar-refractivity contribution is 5.80. The minimum absolute atomic E-state index is 0.350. The van der Waals surface area contributed by atoms with Crippen LogP contribution in [0.3, 0.4) is 0 Å². The van der Waals surface area contributed by atoms with E-state index < -0.39 is 0 Å². The number of aliphatic imine (C=N–C) groups is 1. The molecule has 8 heteroatoms. The molecule has 1 saturated heterocycles. The summed E-state index contributed by atoms with van der Waals surface area (Å²) in [5, 5.41) is 11.3. The van der Waals surface area contributed by atoms with Crippen LogP contribution in [0.2, 0.25) is 0 Å². The molecule has 0 radical (unpaired) electrons. The number of fused-ring (bicyclic) bond motifs is 1. The van der Waals surface area contributed by atoms with Crippen molar-refractivity contribution >= 4 is 17.3 Å². The molecule has 1 atom stereocenters. The van der Waals surface area contributed by atoms with Gasteiger partial charge in [-0.1, -0.05) is 6.07 Å². The van der Waals surface area contributed by atoms with Crippen LogP contribution in [0.4, 0.5) is 5.69 Å². The Morgan fingerprint density at radius 1 is 1.32 bits per heavy atom. The summed E-state index contributed by atoms with van der Waals surface area (Å²) in [6.45, 7) is 4.74. The van der Waals surface area contributed by atoms with Crippen LogP contribution in [-0.4, -0.2) is 51.3 Å². The van der Waals surface area contributed by atoms with Crippen LogP contribution in [0.25, 0.3) is 5.65 Å². The minimum Gasteiger partial charge on any atom is -0.367 e. The van der Waals surface area contributed by atoms with Gasteiger partial charge in [-0.3, -0.25) is 9.67 Å². The summed E-state index contributed by atoms with van der Waals surface area (Å²) >= 11 is 0. The average molecular weight is 381 g/mol. The first-order valence-electron chi connectivity index (χ1n) is 9.77. The van der Waals surface area contributed by atoms with E-state index in [2.05, 4.69) is 60.4 Å². The summed E-state index contributed by atoms with van der Waals surface area (Å²) in [5.74, 6) is 0.812. The van der Waals surface area contributed by atoms with E-state index in [9.17, 15) is 0 Å². The Bertz CT molecular complexity index is 970. The van der Waals surface area contributed by atoms with Crippen molar-refractivity contribution in [1.29, 1.82) is 0 Å². The third-order valence-corrected chi connectivity index (χ3v) is 5.22. The number of aromatic nitrogens is 4. The number of pyridine rings is 1. The molecule has 4 rings (SSSR count). The first-order valence-corrected chi connectivity index (χ1v) is 9.77. The maximum Gasteiger partial charge on any atom is 0.191 e. The van der Waals surface area contributed by atoms with Gasteiger partial charge >= 0.3 is 0 Å². The van der Waals surface area contributed by atoms with E-state index in [1.165, 1.54) is 11.4 Å². The molecular formula is C20H28N8. The Morgan fingerprint density at radius 2 is 2.21 bits per heavy atom. The smallest absolute Gasteiger partial charge is 0.191 e. The monoisotopic (exact) mass is 380 g/mol. The quantitative estimate of drug-likeness (QED) is 0.532. The Kier molecular flexibility index (Phi) is 5.18. The molecule has 1 unspecified atom stereocenters. The van der Waals surface area contributed by atoms with Crippen molar-refractivity contribution in [2.24, 2.45) is 12.0 Å². The second-order valence-electron chi connectivity index (χ2n) is 7.36. The number of piperidine rings is 1. The van der Waals surface area contributed by atoms with Crippen molar-refractivity contribution < 1.29 is 0 Å². The van der Waals surface area contributed by atoms with E-state index in [1.54, 1.807) is 0 Å². The van der Waals surface area contributed by atoms with Crippen LogP contribution < -0.4 is 15.5 Å². The van der Waals surface area contributed by atoms with E-state index in [4.69, 9.17) is 0 Å². The van der Waals surface area contributed by atoms with Crippen LogP contribution in [0.15, 0.2) is 41.8 Å². The third-order valence-electron chi connectivity index (χ3n) is 5.22. The third kappa shape index (κ3) is 3.95. The molecule has 8 nitrogen and oxygen atoms in total. The molecular weight excluding hydrogens is 352 g/mol. The van der Waals surface area contributed by atoms with Gasteiger partial charge in [-0.05, 0) is 31.9 Å². The lowest BCUT2D eigenvalue weighted by molar-refractivity contribution is 0.468. The Labute approximate surface area is 165 Å². The van der Waals surface area contributed by atoms with Crippen LogP contribution in [0.1, 0.15) is 24.2 Å². The maximum absolute atomic E-state index is 4.68. The molecule has 2 N–H and O–H groups in total. The summed E-state index contributed by atoms with van der Waals surface area (Å²) in [5.41, 5.74) is 4.32. The average Bonchev–Trinajstić information content (AvgIpc) is 3.32. The molecule has 0 aliphatic carbocycles. The molecule has 1 aliphatic heterocycles. The maximum atomic E-state index is 4.68. The van der Waals surface area contributed by atoms with Crippen LogP contribution in [-0.2, 0) is 13.6 Å². The lowest BCUT2D eigenvalue weighted by atomic mass is 10.1. The number of aryl methyl sites for hydroxylation is 2. The molecule has 0 spiro atoms. The second-order valence-corrected chi connectivity index (χ2v) is 7.36. The highest BCUT2D eigenvalue weighted by Crippen LogP contribution is 2.19. The summed E-state index contributed by atoms with van der Waals surface area (Å²) in [6.07, 6.45) is 8.36. The number of guanidine groups is 1. The van der Waals surface area contributed by atoms with Gasteiger partial charge in [0.25, 0.3) is 0 Å². The molecule has 148 valence electrons. The van der Waals surface area contributed by atoms with Gasteiger partial charge in [-0.15, -0.1) is 0 Å². The fourth-order valence-corrected chi connectivity index (χ4v) is 3.75. The molecule has 1 aliphatic rings. The first-order chi connectivity index (χ1) is 13.6. The first kappa shape index (κ1) is 18.3. The number of hydrogen-bond donors (Lipinski definition) is 2. The molecule has 3 aromatic heterocycles. The van der Waals surface area contributed by atoms with Gasteiger partial charge in [0, 0.05) is 51.3 Å².